The Bertz CT molecular complexity index is 5810. The van der Waals surface area contributed by atoms with Crippen LogP contribution in [0.15, 0.2) is 315 Å². The molecule has 101 heavy (non-hydrogen) atoms. The lowest BCUT2D eigenvalue weighted by Gasteiger charge is -2.32. The van der Waals surface area contributed by atoms with Crippen molar-refractivity contribution in [2.75, 3.05) is 0 Å². The summed E-state index contributed by atoms with van der Waals surface area (Å²) < 4.78 is 144. The van der Waals surface area contributed by atoms with Crippen molar-refractivity contribution in [2.45, 2.75) is 23.3 Å². The van der Waals surface area contributed by atoms with Crippen LogP contribution < -0.4 is 9.65 Å². The molecule has 0 aliphatic rings. The normalized spacial score (nSPS) is 12.1. The van der Waals surface area contributed by atoms with E-state index in [1.54, 1.807) is 36.4 Å². The Morgan fingerprint density at radius 3 is 0.970 bits per heavy atom. The van der Waals surface area contributed by atoms with Crippen molar-refractivity contribution in [3.63, 3.8) is 0 Å². The molecule has 16 aromatic rings. The molecule has 0 atom stereocenters. The van der Waals surface area contributed by atoms with E-state index in [0.29, 0.717) is 16.6 Å². The van der Waals surface area contributed by atoms with Crippen LogP contribution in [0.2, 0.25) is 0 Å². The highest BCUT2D eigenvalue weighted by Crippen LogP contribution is 2.55. The van der Waals surface area contributed by atoms with Gasteiger partial charge in [0, 0.05) is 0 Å². The van der Waals surface area contributed by atoms with Gasteiger partial charge in [-0.3, -0.25) is 4.70 Å². The minimum atomic E-state index is -7.36. The molecule has 0 heterocycles. The van der Waals surface area contributed by atoms with E-state index in [-0.39, 0.29) is 4.70 Å². The lowest BCUT2D eigenvalue weighted by atomic mass is 9.72. The monoisotopic (exact) mass is 1380 g/mol. The van der Waals surface area contributed by atoms with E-state index in [2.05, 4.69) is 210 Å². The summed E-state index contributed by atoms with van der Waals surface area (Å²) in [4.78, 5) is 0. The molecule has 16 rings (SSSR count). The fraction of sp³-hybridized carbons (Fsp3) is 0.0476. The fourth-order valence-corrected chi connectivity index (χ4v) is 14.2. The first-order valence-electron chi connectivity index (χ1n) is 31.6. The van der Waals surface area contributed by atoms with Crippen LogP contribution in [-0.2, 0) is 10.1 Å². The van der Waals surface area contributed by atoms with Crippen LogP contribution in [0.5, 0.6) is 5.75 Å². The maximum Gasteiger partial charge on any atom is 0.489 e. The highest BCUT2D eigenvalue weighted by molar-refractivity contribution is 7.88. The minimum Gasteiger partial charge on any atom is -0.423 e. The van der Waals surface area contributed by atoms with Gasteiger partial charge in [0.15, 0.2) is 0 Å². The van der Waals surface area contributed by atoms with Crippen molar-refractivity contribution in [2.24, 2.45) is 0 Å². The molecular formula is C84H55BF10O5S. The van der Waals surface area contributed by atoms with E-state index in [0.717, 1.165) is 67.7 Å². The number of rotatable bonds is 11. The van der Waals surface area contributed by atoms with Crippen molar-refractivity contribution in [1.82, 2.24) is 0 Å². The summed E-state index contributed by atoms with van der Waals surface area (Å²) in [7, 11) is -8.51. The molecule has 0 bridgehead atoms. The van der Waals surface area contributed by atoms with Crippen LogP contribution in [0.1, 0.15) is 0 Å². The van der Waals surface area contributed by atoms with E-state index in [4.69, 9.17) is 0 Å². The third kappa shape index (κ3) is 12.4. The van der Waals surface area contributed by atoms with Crippen molar-refractivity contribution in [1.29, 1.82) is 0 Å². The van der Waals surface area contributed by atoms with Crippen LogP contribution in [-0.4, -0.2) is 48.9 Å². The number of hydrogen-bond acceptors (Lipinski definition) is 5. The Morgan fingerprint density at radius 2 is 0.584 bits per heavy atom. The van der Waals surface area contributed by atoms with Gasteiger partial charge in [0.1, 0.15) is 5.75 Å². The lowest BCUT2D eigenvalue weighted by Crippen LogP contribution is -2.63. The second-order valence-corrected chi connectivity index (χ2v) is 25.7. The molecule has 0 aliphatic carbocycles. The number of benzene rings is 16. The molecule has 0 fully saturated rings. The smallest absolute Gasteiger partial charge is 0.423 e. The molecule has 0 radical (unpaired) electrons. The minimum absolute atomic E-state index is 0. The number of alkyl halides is 9. The average molecular weight is 1380 g/mol. The topological polar surface area (TPSA) is 83.8 Å². The third-order valence-electron chi connectivity index (χ3n) is 18.1. The first kappa shape index (κ1) is 68.2. The zero-order valence-corrected chi connectivity index (χ0v) is 53.8. The number of halogens is 10. The van der Waals surface area contributed by atoms with Crippen LogP contribution >= 0.6 is 0 Å². The predicted molar refractivity (Wildman–Crippen MR) is 389 cm³/mol. The molecule has 17 heteroatoms. The summed E-state index contributed by atoms with van der Waals surface area (Å²) in [5.41, 5.74) is 11.4. The van der Waals surface area contributed by atoms with E-state index in [9.17, 15) is 58.0 Å². The summed E-state index contributed by atoms with van der Waals surface area (Å²) in [6.45, 7) is 0. The lowest BCUT2D eigenvalue weighted by molar-refractivity contribution is -0.382. The second kappa shape index (κ2) is 27.0. The van der Waals surface area contributed by atoms with E-state index >= 15 is 0 Å². The molecule has 0 unspecified atom stereocenters. The van der Waals surface area contributed by atoms with Gasteiger partial charge in [-0.25, -0.2) is 0 Å². The summed E-state index contributed by atoms with van der Waals surface area (Å²) in [6, 6.07) is 104. The van der Waals surface area contributed by atoms with Gasteiger partial charge in [-0.05, 0) is 172 Å². The van der Waals surface area contributed by atoms with Crippen LogP contribution in [0.25, 0.3) is 142 Å². The van der Waals surface area contributed by atoms with E-state index < -0.39 is 46.3 Å². The van der Waals surface area contributed by atoms with E-state index in [1.165, 1.54) is 87.2 Å². The first-order chi connectivity index (χ1) is 48.1. The Hall–Kier alpha value is -11.4. The Labute approximate surface area is 572 Å². The summed E-state index contributed by atoms with van der Waals surface area (Å²) in [6.07, 6.45) is -7.16. The second-order valence-electron chi connectivity index (χ2n) is 24.1. The highest BCUT2D eigenvalue weighted by atomic mass is 32.2. The molecule has 0 amide bonds. The van der Waals surface area contributed by atoms with Crippen LogP contribution in [0, 0.1) is 0 Å². The zero-order chi connectivity index (χ0) is 69.7. The van der Waals surface area contributed by atoms with Crippen molar-refractivity contribution >= 4 is 109 Å². The largest absolute Gasteiger partial charge is 0.489 e. The molecule has 500 valence electrons. The quantitative estimate of drug-likeness (QED) is 0.0583. The molecule has 0 aliphatic heterocycles. The van der Waals surface area contributed by atoms with Crippen molar-refractivity contribution < 1.29 is 66.9 Å². The van der Waals surface area contributed by atoms with E-state index in [1.807, 2.05) is 48.5 Å². The fourth-order valence-electron chi connectivity index (χ4n) is 13.3. The van der Waals surface area contributed by atoms with Crippen molar-refractivity contribution in [3.8, 4) is 61.4 Å². The SMILES string of the molecule is F.O=S(=O)(Oc1ccc(-c2ccc3ccccc3c2)cc1)C(F)(F)C(F)(F)C(F)(F)C(F)(F)F.OB(O)c1c2ccccc2c(-c2cccc3ccccc23)c2ccccc12.c1ccc2cc(-c3ccc(-c4c5ccccc5c(-c5cccc6ccccc56)c5ccccc45)cc3)ccc2c1. The van der Waals surface area contributed by atoms with Gasteiger partial charge in [0.25, 0.3) is 0 Å². The van der Waals surface area contributed by atoms with Crippen LogP contribution in [0.4, 0.5) is 44.2 Å². The van der Waals surface area contributed by atoms with Gasteiger partial charge < -0.3 is 14.2 Å². The van der Waals surface area contributed by atoms with Gasteiger partial charge in [0.05, 0.1) is 0 Å². The standard InChI is InChI=1S/C40H26.C24H17BO2.C20H11F9O3S.FH/c1-2-12-31-26-32(25-22-27(31)10-1)28-20-23-30(24-21-28)39-35-15-5-7-17-37(35)40(38-18-8-6-16-36(38)39)34-19-9-13-29-11-3-4-14-33(29)34;26-25(27)24-21-13-5-3-11-19(21)23(20-12-4-6-14-22(20)24)18-15-7-9-16-8-1-2-10-17(16)18;21-17(22,19(25,26)27)18(23,24)20(28,29)33(30,31)32-16-9-7-13(8-10-16)15-6-5-12-3-1-2-4-14(12)11-15;/h1-26H;1-15,26-27H;1-11H;1H. The molecule has 16 aromatic carbocycles. The molecule has 0 saturated heterocycles. The molecule has 2 N–H and O–H groups in total. The van der Waals surface area contributed by atoms with Gasteiger partial charge in [-0.2, -0.15) is 47.9 Å². The maximum absolute atomic E-state index is 13.7. The maximum atomic E-state index is 13.7. The average Bonchev–Trinajstić information content (AvgIpc) is 0.745. The van der Waals surface area contributed by atoms with Gasteiger partial charge in [0.2, 0.25) is 0 Å². The van der Waals surface area contributed by atoms with Gasteiger partial charge >= 0.3 is 40.5 Å². The number of hydrogen-bond donors (Lipinski definition) is 2. The molecular weight excluding hydrogens is 1320 g/mol. The van der Waals surface area contributed by atoms with Crippen molar-refractivity contribution in [3.05, 3.63) is 315 Å². The summed E-state index contributed by atoms with van der Waals surface area (Å²) in [5.74, 6) is -15.7. The zero-order valence-electron chi connectivity index (χ0n) is 52.9. The first-order valence-corrected chi connectivity index (χ1v) is 33.0. The molecule has 0 aromatic heterocycles. The van der Waals surface area contributed by atoms with Gasteiger partial charge in [-0.15, -0.1) is 0 Å². The summed E-state index contributed by atoms with van der Waals surface area (Å²) in [5, 5.41) is 31.4. The number of fused-ring (bicyclic) bond motifs is 8. The summed E-state index contributed by atoms with van der Waals surface area (Å²) >= 11 is 0. The molecule has 0 spiro atoms. The van der Waals surface area contributed by atoms with Gasteiger partial charge in [-0.1, -0.05) is 291 Å². The Morgan fingerprint density at radius 1 is 0.287 bits per heavy atom. The third-order valence-corrected chi connectivity index (χ3v) is 19.4. The molecule has 5 nitrogen and oxygen atoms in total. The highest BCUT2D eigenvalue weighted by Gasteiger charge is 2.86. The predicted octanol–water partition coefficient (Wildman–Crippen LogP) is 22.6. The van der Waals surface area contributed by atoms with Crippen LogP contribution in [0.3, 0.4) is 0 Å². The Balaban J connectivity index is 0.000000138. The Kier molecular flexibility index (Phi) is 18.3. The molecule has 0 saturated carbocycles.